The van der Waals surface area contributed by atoms with Crippen LogP contribution in [-0.2, 0) is 11.8 Å². The zero-order valence-corrected chi connectivity index (χ0v) is 11.3. The number of benzene rings is 1. The standard InChI is InChI=1S/C14H15NO4/c1-7-5-6-9(19-4)12-10(7)11(8(2)15(12)3)13(16)14(17)18/h5-6H,1-4H3,(H,17,18). The van der Waals surface area contributed by atoms with Crippen LogP contribution in [0.5, 0.6) is 5.75 Å². The van der Waals surface area contributed by atoms with Crippen molar-refractivity contribution in [3.05, 3.63) is 29.0 Å². The van der Waals surface area contributed by atoms with Gasteiger partial charge in [0.05, 0.1) is 18.2 Å². The van der Waals surface area contributed by atoms with Gasteiger partial charge in [-0.05, 0) is 25.5 Å². The number of hydrogen-bond donors (Lipinski definition) is 1. The Morgan fingerprint density at radius 3 is 2.42 bits per heavy atom. The van der Waals surface area contributed by atoms with Crippen LogP contribution >= 0.6 is 0 Å². The molecule has 5 heteroatoms. The molecule has 0 atom stereocenters. The molecule has 2 rings (SSSR count). The third-order valence-corrected chi connectivity index (χ3v) is 3.44. The number of nitrogens with zero attached hydrogens (tertiary/aromatic N) is 1. The number of methoxy groups -OCH3 is 1. The van der Waals surface area contributed by atoms with Crippen LogP contribution in [0.2, 0.25) is 0 Å². The maximum atomic E-state index is 11.9. The normalized spacial score (nSPS) is 10.7. The summed E-state index contributed by atoms with van der Waals surface area (Å²) in [7, 11) is 3.34. The molecule has 2 aromatic rings. The molecular formula is C14H15NO4. The second-order valence-corrected chi connectivity index (χ2v) is 4.46. The van der Waals surface area contributed by atoms with E-state index >= 15 is 0 Å². The lowest BCUT2D eigenvalue weighted by atomic mass is 10.0. The van der Waals surface area contributed by atoms with Crippen LogP contribution in [0.3, 0.4) is 0 Å². The number of carbonyl (C=O) groups excluding carboxylic acids is 1. The maximum absolute atomic E-state index is 11.9. The summed E-state index contributed by atoms with van der Waals surface area (Å²) in [4.78, 5) is 22.9. The number of fused-ring (bicyclic) bond motifs is 1. The van der Waals surface area contributed by atoms with E-state index in [9.17, 15) is 9.59 Å². The van der Waals surface area contributed by atoms with Crippen LogP contribution in [-0.4, -0.2) is 28.5 Å². The van der Waals surface area contributed by atoms with Gasteiger partial charge in [-0.3, -0.25) is 4.79 Å². The molecule has 1 N–H and O–H groups in total. The number of carboxylic acids is 1. The quantitative estimate of drug-likeness (QED) is 0.678. The minimum Gasteiger partial charge on any atom is -0.495 e. The van der Waals surface area contributed by atoms with Crippen LogP contribution in [0.1, 0.15) is 21.6 Å². The molecule has 0 fully saturated rings. The average molecular weight is 261 g/mol. The molecule has 0 aliphatic carbocycles. The topological polar surface area (TPSA) is 68.5 Å². The van der Waals surface area contributed by atoms with Gasteiger partial charge >= 0.3 is 5.97 Å². The molecule has 0 aliphatic heterocycles. The zero-order valence-electron chi connectivity index (χ0n) is 11.3. The molecule has 1 aromatic carbocycles. The number of rotatable bonds is 3. The molecule has 0 bridgehead atoms. The van der Waals surface area contributed by atoms with Crippen molar-refractivity contribution >= 4 is 22.7 Å². The molecule has 0 saturated heterocycles. The van der Waals surface area contributed by atoms with Gasteiger partial charge in [-0.15, -0.1) is 0 Å². The first-order valence-electron chi connectivity index (χ1n) is 5.80. The van der Waals surface area contributed by atoms with Crippen molar-refractivity contribution in [3.63, 3.8) is 0 Å². The molecule has 0 amide bonds. The van der Waals surface area contributed by atoms with Crippen LogP contribution in [0.25, 0.3) is 10.9 Å². The number of ketones is 1. The van der Waals surface area contributed by atoms with Gasteiger partial charge in [0.1, 0.15) is 5.75 Å². The number of hydrogen-bond acceptors (Lipinski definition) is 3. The summed E-state index contributed by atoms with van der Waals surface area (Å²) in [5.74, 6) is -1.71. The van der Waals surface area contributed by atoms with Gasteiger partial charge in [-0.1, -0.05) is 6.07 Å². The van der Waals surface area contributed by atoms with Gasteiger partial charge in [-0.2, -0.15) is 0 Å². The van der Waals surface area contributed by atoms with Gasteiger partial charge < -0.3 is 14.4 Å². The van der Waals surface area contributed by atoms with Crippen molar-refractivity contribution < 1.29 is 19.4 Å². The Labute approximate surface area is 110 Å². The Hall–Kier alpha value is -2.30. The van der Waals surface area contributed by atoms with Crippen molar-refractivity contribution in [3.8, 4) is 5.75 Å². The van der Waals surface area contributed by atoms with Crippen molar-refractivity contribution in [2.75, 3.05) is 7.11 Å². The lowest BCUT2D eigenvalue weighted by Gasteiger charge is -2.06. The Bertz CT molecular complexity index is 697. The summed E-state index contributed by atoms with van der Waals surface area (Å²) in [5, 5.41) is 9.60. The molecule has 1 aromatic heterocycles. The Kier molecular flexibility index (Phi) is 3.06. The monoisotopic (exact) mass is 261 g/mol. The lowest BCUT2D eigenvalue weighted by Crippen LogP contribution is -2.14. The second-order valence-electron chi connectivity index (χ2n) is 4.46. The molecule has 19 heavy (non-hydrogen) atoms. The van der Waals surface area contributed by atoms with E-state index in [1.165, 1.54) is 0 Å². The number of aryl methyl sites for hydroxylation is 2. The first-order chi connectivity index (χ1) is 8.90. The van der Waals surface area contributed by atoms with Crippen molar-refractivity contribution in [1.29, 1.82) is 0 Å². The summed E-state index contributed by atoms with van der Waals surface area (Å²) < 4.78 is 7.08. The van der Waals surface area contributed by atoms with E-state index in [2.05, 4.69) is 0 Å². The predicted molar refractivity (Wildman–Crippen MR) is 70.9 cm³/mol. The van der Waals surface area contributed by atoms with E-state index in [0.29, 0.717) is 16.8 Å². The fourth-order valence-electron chi connectivity index (χ4n) is 2.39. The molecular weight excluding hydrogens is 246 g/mol. The van der Waals surface area contributed by atoms with Crippen LogP contribution in [0, 0.1) is 13.8 Å². The number of carbonyl (C=O) groups is 2. The third kappa shape index (κ3) is 1.78. The van der Waals surface area contributed by atoms with E-state index in [1.54, 1.807) is 25.6 Å². The Balaban J connectivity index is 2.97. The molecule has 0 saturated carbocycles. The molecule has 5 nitrogen and oxygen atoms in total. The highest BCUT2D eigenvalue weighted by Gasteiger charge is 2.26. The zero-order chi connectivity index (χ0) is 14.3. The molecule has 100 valence electrons. The predicted octanol–water partition coefficient (Wildman–Crippen LogP) is 2.07. The minimum atomic E-state index is -1.45. The van der Waals surface area contributed by atoms with Crippen molar-refractivity contribution in [2.24, 2.45) is 7.05 Å². The van der Waals surface area contributed by atoms with Crippen LogP contribution in [0.15, 0.2) is 12.1 Å². The molecule has 0 aliphatic rings. The minimum absolute atomic E-state index is 0.237. The van der Waals surface area contributed by atoms with E-state index in [0.717, 1.165) is 11.1 Å². The third-order valence-electron chi connectivity index (χ3n) is 3.44. The Morgan fingerprint density at radius 1 is 1.26 bits per heavy atom. The second kappa shape index (κ2) is 4.42. The maximum Gasteiger partial charge on any atom is 0.377 e. The highest BCUT2D eigenvalue weighted by Crippen LogP contribution is 2.34. The largest absolute Gasteiger partial charge is 0.495 e. The average Bonchev–Trinajstić information content (AvgIpc) is 2.64. The summed E-state index contributed by atoms with van der Waals surface area (Å²) >= 11 is 0. The molecule has 1 heterocycles. The van der Waals surface area contributed by atoms with E-state index in [1.807, 2.05) is 19.1 Å². The number of aliphatic carboxylic acids is 1. The van der Waals surface area contributed by atoms with E-state index in [-0.39, 0.29) is 5.56 Å². The van der Waals surface area contributed by atoms with Gasteiger partial charge in [0.25, 0.3) is 5.78 Å². The van der Waals surface area contributed by atoms with Gasteiger partial charge in [-0.25, -0.2) is 4.79 Å². The fraction of sp³-hybridized carbons (Fsp3) is 0.286. The lowest BCUT2D eigenvalue weighted by molar-refractivity contribution is -0.131. The van der Waals surface area contributed by atoms with Crippen LogP contribution in [0.4, 0.5) is 0 Å². The molecule has 0 spiro atoms. The van der Waals surface area contributed by atoms with Crippen molar-refractivity contribution in [2.45, 2.75) is 13.8 Å². The van der Waals surface area contributed by atoms with Crippen LogP contribution < -0.4 is 4.74 Å². The summed E-state index contributed by atoms with van der Waals surface area (Å²) in [5.41, 5.74) is 2.45. The summed E-state index contributed by atoms with van der Waals surface area (Å²) in [6, 6.07) is 3.63. The summed E-state index contributed by atoms with van der Waals surface area (Å²) in [6.07, 6.45) is 0. The van der Waals surface area contributed by atoms with Gasteiger partial charge in [0, 0.05) is 18.1 Å². The van der Waals surface area contributed by atoms with E-state index in [4.69, 9.17) is 9.84 Å². The first-order valence-corrected chi connectivity index (χ1v) is 5.80. The smallest absolute Gasteiger partial charge is 0.377 e. The first kappa shape index (κ1) is 13.1. The fourth-order valence-corrected chi connectivity index (χ4v) is 2.39. The van der Waals surface area contributed by atoms with E-state index < -0.39 is 11.8 Å². The Morgan fingerprint density at radius 2 is 1.89 bits per heavy atom. The number of aromatic nitrogens is 1. The summed E-state index contributed by atoms with van der Waals surface area (Å²) in [6.45, 7) is 3.58. The highest BCUT2D eigenvalue weighted by atomic mass is 16.5. The SMILES string of the molecule is COc1ccc(C)c2c(C(=O)C(=O)O)c(C)n(C)c12. The molecule has 0 unspecified atom stereocenters. The van der Waals surface area contributed by atoms with Gasteiger partial charge in [0.2, 0.25) is 0 Å². The number of ether oxygens (including phenoxy) is 1. The number of Topliss-reactive ketones (excluding diaryl/α,β-unsaturated/α-hetero) is 1. The molecule has 0 radical (unpaired) electrons. The highest BCUT2D eigenvalue weighted by molar-refractivity contribution is 6.43. The number of carboxylic acid groups (broad SMARTS) is 1. The van der Waals surface area contributed by atoms with Gasteiger partial charge in [0.15, 0.2) is 0 Å². The van der Waals surface area contributed by atoms with Crippen molar-refractivity contribution in [1.82, 2.24) is 4.57 Å².